The van der Waals surface area contributed by atoms with Gasteiger partial charge in [-0.3, -0.25) is 0 Å². The zero-order valence-corrected chi connectivity index (χ0v) is 38.1. The smallest absolute Gasteiger partial charge is 0.200 e. The number of rotatable bonds is 12. The van der Waals surface area contributed by atoms with Gasteiger partial charge in [0.2, 0.25) is 5.71 Å². The minimum Gasteiger partial charge on any atom is -0.746 e. The van der Waals surface area contributed by atoms with Crippen molar-refractivity contribution >= 4 is 27.1 Å². The zero-order chi connectivity index (χ0) is 40.8. The SMILES string of the molecule is Cc1[c-]cc(C(=C2C=CC(=[N+](Cc3cccc(C)c3)Cc3cccc(C)c3)C=C2)c2ccc(N(Cc3cccc(C)c3)Cc3cccc(C)c3)cc2)c(S(=O)(=O)[O-])c1.[Y]. The molecule has 0 fully saturated rings. The summed E-state index contributed by atoms with van der Waals surface area (Å²) >= 11 is 0. The summed E-state index contributed by atoms with van der Waals surface area (Å²) in [5.74, 6) is 0. The zero-order valence-electron chi connectivity index (χ0n) is 34.4. The first-order chi connectivity index (χ1) is 27.9. The molecule has 6 aromatic rings. The van der Waals surface area contributed by atoms with Crippen molar-refractivity contribution in [2.75, 3.05) is 4.90 Å². The molecular formula is C52H49N2O3SY-. The maximum Gasteiger partial charge on any atom is 0.200 e. The monoisotopic (exact) mass is 870 g/mol. The molecule has 1 radical (unpaired) electrons. The van der Waals surface area contributed by atoms with Gasteiger partial charge in [0, 0.05) is 74.8 Å². The summed E-state index contributed by atoms with van der Waals surface area (Å²) in [4.78, 5) is 2.10. The van der Waals surface area contributed by atoms with Crippen LogP contribution in [-0.4, -0.2) is 23.3 Å². The molecule has 0 saturated carbocycles. The average molecular weight is 871 g/mol. The summed E-state index contributed by atoms with van der Waals surface area (Å²) in [7, 11) is -4.82. The van der Waals surface area contributed by atoms with Crippen molar-refractivity contribution in [3.8, 4) is 0 Å². The maximum absolute atomic E-state index is 12.9. The Labute approximate surface area is 375 Å². The molecule has 59 heavy (non-hydrogen) atoms. The number of hydrogen-bond donors (Lipinski definition) is 0. The first-order valence-corrected chi connectivity index (χ1v) is 21.1. The van der Waals surface area contributed by atoms with Crippen LogP contribution in [0.5, 0.6) is 0 Å². The molecule has 1 aliphatic rings. The third kappa shape index (κ3) is 11.4. The molecule has 0 N–H and O–H groups in total. The van der Waals surface area contributed by atoms with Crippen LogP contribution in [0.3, 0.4) is 0 Å². The average Bonchev–Trinajstić information content (AvgIpc) is 3.18. The Morgan fingerprint density at radius 3 is 1.53 bits per heavy atom. The van der Waals surface area contributed by atoms with Crippen LogP contribution >= 0.6 is 0 Å². The molecule has 0 bridgehead atoms. The third-order valence-corrected chi connectivity index (χ3v) is 11.3. The van der Waals surface area contributed by atoms with Gasteiger partial charge in [-0.1, -0.05) is 132 Å². The molecule has 0 spiro atoms. The molecular weight excluding hydrogens is 822 g/mol. The van der Waals surface area contributed by atoms with E-state index in [-0.39, 0.29) is 37.6 Å². The molecule has 6 aromatic carbocycles. The molecule has 7 heteroatoms. The second kappa shape index (κ2) is 19.4. The van der Waals surface area contributed by atoms with Crippen LogP contribution in [0.4, 0.5) is 5.69 Å². The molecule has 0 aromatic heterocycles. The molecule has 0 unspecified atom stereocenters. The molecule has 0 heterocycles. The number of nitrogens with zero attached hydrogens (tertiary/aromatic N) is 2. The summed E-state index contributed by atoms with van der Waals surface area (Å²) in [6, 6.07) is 48.8. The molecule has 0 saturated heterocycles. The van der Waals surface area contributed by atoms with Gasteiger partial charge in [-0.05, 0) is 91.3 Å². The van der Waals surface area contributed by atoms with Crippen molar-refractivity contribution in [3.05, 3.63) is 231 Å². The predicted octanol–water partition coefficient (Wildman–Crippen LogP) is 10.9. The van der Waals surface area contributed by atoms with Crippen LogP contribution in [0, 0.1) is 40.7 Å². The van der Waals surface area contributed by atoms with Crippen LogP contribution in [0.2, 0.25) is 0 Å². The Balaban J connectivity index is 0.00000585. The van der Waals surface area contributed by atoms with Crippen molar-refractivity contribution in [3.63, 3.8) is 0 Å². The van der Waals surface area contributed by atoms with Gasteiger partial charge < -0.3 is 9.45 Å². The third-order valence-electron chi connectivity index (χ3n) is 10.5. The van der Waals surface area contributed by atoms with Gasteiger partial charge in [0.05, 0.1) is 0 Å². The van der Waals surface area contributed by atoms with E-state index in [9.17, 15) is 13.0 Å². The second-order valence-electron chi connectivity index (χ2n) is 15.5. The fraction of sp³-hybridized carbons (Fsp3) is 0.173. The van der Waals surface area contributed by atoms with E-state index in [0.29, 0.717) is 42.9 Å². The second-order valence-corrected chi connectivity index (χ2v) is 16.8. The number of anilines is 1. The minimum absolute atomic E-state index is 0. The first-order valence-electron chi connectivity index (χ1n) is 19.7. The van der Waals surface area contributed by atoms with Crippen LogP contribution in [0.1, 0.15) is 61.2 Å². The van der Waals surface area contributed by atoms with E-state index < -0.39 is 10.1 Å². The predicted molar refractivity (Wildman–Crippen MR) is 236 cm³/mol. The number of hydrogen-bond acceptors (Lipinski definition) is 4. The van der Waals surface area contributed by atoms with Gasteiger partial charge in [-0.2, -0.15) is 17.7 Å². The Morgan fingerprint density at radius 1 is 0.610 bits per heavy atom. The molecule has 7 rings (SSSR count). The van der Waals surface area contributed by atoms with Crippen molar-refractivity contribution in [1.82, 2.24) is 0 Å². The molecule has 295 valence electrons. The standard InChI is InChI=1S/C52H50N2O3S.Y/c1-37-10-6-14-42(28-37)33-53(34-43-15-7-11-38(2)29-43)48-23-19-46(20-24-48)52(50-27-18-41(5)32-51(50)58(55,56)57)47-21-25-49(26-22-47)54(35-44-16-8-12-39(3)30-44)36-45-17-9-13-40(4)31-45;/h6-17,19-32H,33-36H2,1-5H3,(H,55,56,57);/p-1. The fourth-order valence-corrected chi connectivity index (χ4v) is 8.48. The molecule has 0 amide bonds. The van der Waals surface area contributed by atoms with E-state index in [1.54, 1.807) is 13.0 Å². The summed E-state index contributed by atoms with van der Waals surface area (Å²) < 4.78 is 40.9. The van der Waals surface area contributed by atoms with Crippen LogP contribution in [0.25, 0.3) is 5.57 Å². The number of aryl methyl sites for hydroxylation is 5. The van der Waals surface area contributed by atoms with E-state index in [1.807, 2.05) is 24.3 Å². The van der Waals surface area contributed by atoms with Crippen molar-refractivity contribution < 1.29 is 50.3 Å². The van der Waals surface area contributed by atoms with E-state index in [2.05, 4.69) is 165 Å². The Morgan fingerprint density at radius 2 is 1.07 bits per heavy atom. The van der Waals surface area contributed by atoms with Crippen molar-refractivity contribution in [1.29, 1.82) is 0 Å². The van der Waals surface area contributed by atoms with Gasteiger partial charge in [0.1, 0.15) is 10.1 Å². The van der Waals surface area contributed by atoms with Gasteiger partial charge >= 0.3 is 0 Å². The van der Waals surface area contributed by atoms with Gasteiger partial charge in [-0.15, -0.1) is 11.6 Å². The molecule has 1 aliphatic carbocycles. The van der Waals surface area contributed by atoms with Crippen molar-refractivity contribution in [2.24, 2.45) is 0 Å². The van der Waals surface area contributed by atoms with Crippen LogP contribution < -0.4 is 4.90 Å². The summed E-state index contributed by atoms with van der Waals surface area (Å²) in [5.41, 5.74) is 14.9. The number of benzene rings is 6. The topological polar surface area (TPSA) is 63.5 Å². The van der Waals surface area contributed by atoms with E-state index in [0.717, 1.165) is 22.5 Å². The Kier molecular flexibility index (Phi) is 14.3. The summed E-state index contributed by atoms with van der Waals surface area (Å²) in [5, 5.41) is 0. The van der Waals surface area contributed by atoms with E-state index in [4.69, 9.17) is 0 Å². The molecule has 0 aliphatic heterocycles. The Bertz CT molecular complexity index is 2590. The normalized spacial score (nSPS) is 12.3. The van der Waals surface area contributed by atoms with E-state index >= 15 is 0 Å². The van der Waals surface area contributed by atoms with E-state index in [1.165, 1.54) is 50.6 Å². The molecule has 0 atom stereocenters. The van der Waals surface area contributed by atoms with Gasteiger partial charge in [-0.25, -0.2) is 13.0 Å². The first kappa shape index (κ1) is 43.6. The minimum atomic E-state index is -4.82. The quantitative estimate of drug-likeness (QED) is 0.0698. The summed E-state index contributed by atoms with van der Waals surface area (Å²) in [6.07, 6.45) is 8.23. The van der Waals surface area contributed by atoms with Crippen LogP contribution in [0.15, 0.2) is 168 Å². The molecule has 5 nitrogen and oxygen atoms in total. The summed E-state index contributed by atoms with van der Waals surface area (Å²) in [6.45, 7) is 13.0. The Hall–Kier alpha value is -4.98. The van der Waals surface area contributed by atoms with Gasteiger partial charge in [0.15, 0.2) is 13.1 Å². The maximum atomic E-state index is 12.9. The fourth-order valence-electron chi connectivity index (χ4n) is 7.73. The van der Waals surface area contributed by atoms with Gasteiger partial charge in [0.25, 0.3) is 0 Å². The number of allylic oxidation sites excluding steroid dienone is 5. The van der Waals surface area contributed by atoms with Crippen molar-refractivity contribution in [2.45, 2.75) is 65.7 Å². The largest absolute Gasteiger partial charge is 0.746 e. The van der Waals surface area contributed by atoms with Crippen LogP contribution in [-0.2, 0) is 69.0 Å².